The molecule has 0 fully saturated rings. The molecule has 3 aromatic carbocycles. The van der Waals surface area contributed by atoms with Crippen LogP contribution in [0.15, 0.2) is 73.8 Å². The Morgan fingerprint density at radius 1 is 0.682 bits per heavy atom. The molecule has 0 N–H and O–H groups in total. The molecule has 0 heterocycles. The van der Waals surface area contributed by atoms with Crippen LogP contribution in [0.2, 0.25) is 0 Å². The zero-order valence-corrected chi connectivity index (χ0v) is 13.3. The van der Waals surface area contributed by atoms with Gasteiger partial charge in [-0.25, -0.2) is 0 Å². The van der Waals surface area contributed by atoms with Crippen molar-refractivity contribution in [2.75, 3.05) is 0 Å². The van der Waals surface area contributed by atoms with Crippen LogP contribution < -0.4 is 0 Å². The zero-order chi connectivity index (χ0) is 15.9. The third kappa shape index (κ3) is 3.53. The normalized spacial score (nSPS) is 9.73. The van der Waals surface area contributed by atoms with Gasteiger partial charge in [0.1, 0.15) is 0 Å². The van der Waals surface area contributed by atoms with Gasteiger partial charge < -0.3 is 0 Å². The summed E-state index contributed by atoms with van der Waals surface area (Å²) in [7, 11) is 0. The Kier molecular flexibility index (Phi) is 5.32. The van der Waals surface area contributed by atoms with Crippen molar-refractivity contribution in [2.45, 2.75) is 13.8 Å². The van der Waals surface area contributed by atoms with Crippen LogP contribution in [0.1, 0.15) is 22.3 Å². The summed E-state index contributed by atoms with van der Waals surface area (Å²) < 4.78 is 0. The highest BCUT2D eigenvalue weighted by Crippen LogP contribution is 2.19. The SMILES string of the molecule is C=Cc1ccc(C)c(C)c1C=C.c1ccc2ccccc2c1. The minimum atomic E-state index is 1.16. The van der Waals surface area contributed by atoms with Gasteiger partial charge in [-0.15, -0.1) is 0 Å². The van der Waals surface area contributed by atoms with Crippen LogP contribution in [0, 0.1) is 13.8 Å². The number of benzene rings is 3. The van der Waals surface area contributed by atoms with Gasteiger partial charge in [0.15, 0.2) is 0 Å². The van der Waals surface area contributed by atoms with Crippen molar-refractivity contribution >= 4 is 22.9 Å². The first kappa shape index (κ1) is 15.8. The quantitative estimate of drug-likeness (QED) is 0.509. The second-order valence-electron chi connectivity index (χ2n) is 5.27. The number of hydrogen-bond acceptors (Lipinski definition) is 0. The molecule has 0 radical (unpaired) electrons. The first-order valence-electron chi connectivity index (χ1n) is 7.46. The van der Waals surface area contributed by atoms with Crippen molar-refractivity contribution in [1.29, 1.82) is 0 Å². The van der Waals surface area contributed by atoms with E-state index < -0.39 is 0 Å². The van der Waals surface area contributed by atoms with E-state index in [0.717, 1.165) is 5.56 Å². The van der Waals surface area contributed by atoms with E-state index in [2.05, 4.69) is 87.7 Å². The second kappa shape index (κ2) is 7.42. The third-order valence-electron chi connectivity index (χ3n) is 3.90. The van der Waals surface area contributed by atoms with E-state index in [1.807, 2.05) is 12.2 Å². The molecule has 0 aliphatic rings. The number of hydrogen-bond donors (Lipinski definition) is 0. The van der Waals surface area contributed by atoms with E-state index >= 15 is 0 Å². The number of fused-ring (bicyclic) bond motifs is 1. The summed E-state index contributed by atoms with van der Waals surface area (Å²) in [4.78, 5) is 0. The molecule has 0 aliphatic heterocycles. The van der Waals surface area contributed by atoms with Crippen molar-refractivity contribution in [3.8, 4) is 0 Å². The van der Waals surface area contributed by atoms with Crippen LogP contribution in [0.3, 0.4) is 0 Å². The van der Waals surface area contributed by atoms with Crippen LogP contribution in [-0.2, 0) is 0 Å². The Morgan fingerprint density at radius 3 is 1.59 bits per heavy atom. The third-order valence-corrected chi connectivity index (χ3v) is 3.90. The fourth-order valence-electron chi connectivity index (χ4n) is 2.44. The van der Waals surface area contributed by atoms with Gasteiger partial charge in [0.25, 0.3) is 0 Å². The molecule has 0 heteroatoms. The highest BCUT2D eigenvalue weighted by atomic mass is 14.1. The molecular weight excluding hydrogens is 264 g/mol. The minimum absolute atomic E-state index is 1.16. The molecule has 0 atom stereocenters. The molecule has 0 saturated carbocycles. The highest BCUT2D eigenvalue weighted by Gasteiger charge is 2.00. The summed E-state index contributed by atoms with van der Waals surface area (Å²) in [6.45, 7) is 11.8. The van der Waals surface area contributed by atoms with Gasteiger partial charge >= 0.3 is 0 Å². The molecule has 3 rings (SSSR count). The molecule has 110 valence electrons. The molecule has 0 nitrogen and oxygen atoms in total. The van der Waals surface area contributed by atoms with Gasteiger partial charge in [-0.1, -0.05) is 86.0 Å². The highest BCUT2D eigenvalue weighted by molar-refractivity contribution is 5.82. The topological polar surface area (TPSA) is 0 Å². The van der Waals surface area contributed by atoms with Crippen LogP contribution in [0.5, 0.6) is 0 Å². The maximum Gasteiger partial charge on any atom is -0.0158 e. The summed E-state index contributed by atoms with van der Waals surface area (Å²) in [5, 5.41) is 2.62. The molecule has 0 aromatic heterocycles. The molecular formula is C22H22. The Morgan fingerprint density at radius 2 is 1.18 bits per heavy atom. The van der Waals surface area contributed by atoms with E-state index in [1.54, 1.807) is 0 Å². The van der Waals surface area contributed by atoms with Crippen molar-refractivity contribution in [3.63, 3.8) is 0 Å². The average Bonchev–Trinajstić information content (AvgIpc) is 2.58. The van der Waals surface area contributed by atoms with Crippen LogP contribution in [-0.4, -0.2) is 0 Å². The van der Waals surface area contributed by atoms with E-state index in [0.29, 0.717) is 0 Å². The summed E-state index contributed by atoms with van der Waals surface area (Å²) in [5.41, 5.74) is 4.95. The van der Waals surface area contributed by atoms with Gasteiger partial charge in [0.2, 0.25) is 0 Å². The van der Waals surface area contributed by atoms with Crippen molar-refractivity contribution in [2.24, 2.45) is 0 Å². The van der Waals surface area contributed by atoms with Crippen LogP contribution >= 0.6 is 0 Å². The van der Waals surface area contributed by atoms with Gasteiger partial charge in [-0.05, 0) is 46.9 Å². The number of rotatable bonds is 2. The lowest BCUT2D eigenvalue weighted by molar-refractivity contribution is 1.32. The van der Waals surface area contributed by atoms with Crippen LogP contribution in [0.4, 0.5) is 0 Å². The predicted molar refractivity (Wildman–Crippen MR) is 100 cm³/mol. The van der Waals surface area contributed by atoms with E-state index in [9.17, 15) is 0 Å². The summed E-state index contributed by atoms with van der Waals surface area (Å²) >= 11 is 0. The lowest BCUT2D eigenvalue weighted by atomic mass is 9.98. The van der Waals surface area contributed by atoms with E-state index in [1.165, 1.54) is 27.5 Å². The van der Waals surface area contributed by atoms with Gasteiger partial charge in [-0.2, -0.15) is 0 Å². The Hall–Kier alpha value is -2.60. The minimum Gasteiger partial charge on any atom is -0.0984 e. The van der Waals surface area contributed by atoms with Crippen molar-refractivity contribution < 1.29 is 0 Å². The first-order valence-corrected chi connectivity index (χ1v) is 7.46. The molecule has 0 amide bonds. The smallest absolute Gasteiger partial charge is 0.0158 e. The largest absolute Gasteiger partial charge is 0.0984 e. The standard InChI is InChI=1S/C12H14.C10H8/c1-5-11-8-7-9(3)10(4)12(11)6-2;1-2-6-10-8-4-3-7-9(10)5-1/h5-8H,1-2H2,3-4H3;1-8H. The Balaban J connectivity index is 0.000000162. The van der Waals surface area contributed by atoms with E-state index in [4.69, 9.17) is 0 Å². The lowest BCUT2D eigenvalue weighted by Crippen LogP contribution is -1.89. The zero-order valence-electron chi connectivity index (χ0n) is 13.3. The monoisotopic (exact) mass is 286 g/mol. The van der Waals surface area contributed by atoms with E-state index in [-0.39, 0.29) is 0 Å². The fourth-order valence-corrected chi connectivity index (χ4v) is 2.44. The molecule has 22 heavy (non-hydrogen) atoms. The maximum atomic E-state index is 3.79. The Labute approximate surface area is 133 Å². The van der Waals surface area contributed by atoms with Crippen LogP contribution in [0.25, 0.3) is 22.9 Å². The average molecular weight is 286 g/mol. The summed E-state index contributed by atoms with van der Waals surface area (Å²) in [6, 6.07) is 20.9. The Bertz CT molecular complexity index is 729. The molecule has 0 unspecified atom stereocenters. The molecule has 0 spiro atoms. The molecule has 0 aliphatic carbocycles. The van der Waals surface area contributed by atoms with Gasteiger partial charge in [0.05, 0.1) is 0 Å². The van der Waals surface area contributed by atoms with Crippen molar-refractivity contribution in [1.82, 2.24) is 0 Å². The van der Waals surface area contributed by atoms with Crippen molar-refractivity contribution in [3.05, 3.63) is 96.1 Å². The molecule has 0 saturated heterocycles. The number of aryl methyl sites for hydroxylation is 1. The molecule has 0 bridgehead atoms. The predicted octanol–water partition coefficient (Wildman–Crippen LogP) is 6.43. The first-order chi connectivity index (χ1) is 10.7. The summed E-state index contributed by atoms with van der Waals surface area (Å²) in [5.74, 6) is 0. The van der Waals surface area contributed by atoms with Gasteiger partial charge in [0, 0.05) is 0 Å². The fraction of sp³-hybridized carbons (Fsp3) is 0.0909. The van der Waals surface area contributed by atoms with Gasteiger partial charge in [-0.3, -0.25) is 0 Å². The second-order valence-corrected chi connectivity index (χ2v) is 5.27. The lowest BCUT2D eigenvalue weighted by Gasteiger charge is -2.07. The molecule has 3 aromatic rings. The maximum absolute atomic E-state index is 3.79. The summed E-state index contributed by atoms with van der Waals surface area (Å²) in [6.07, 6.45) is 3.75.